The van der Waals surface area contributed by atoms with Crippen LogP contribution < -0.4 is 4.74 Å². The Morgan fingerprint density at radius 3 is 2.67 bits per heavy atom. The number of alkyl halides is 1. The third kappa shape index (κ3) is 3.99. The van der Waals surface area contributed by atoms with Crippen LogP contribution in [0.3, 0.4) is 0 Å². The first kappa shape index (κ1) is 14.4. The van der Waals surface area contributed by atoms with Crippen molar-refractivity contribution in [3.8, 4) is 5.75 Å². The molecule has 0 heterocycles. The molecule has 0 spiro atoms. The van der Waals surface area contributed by atoms with Gasteiger partial charge in [0.15, 0.2) is 9.84 Å². The zero-order chi connectivity index (χ0) is 13.8. The Morgan fingerprint density at radius 2 is 2.11 bits per heavy atom. The summed E-state index contributed by atoms with van der Waals surface area (Å²) < 4.78 is 44.9. The summed E-state index contributed by atoms with van der Waals surface area (Å²) in [7, 11) is -3.41. The number of carbonyl (C=O) groups is 1. The Morgan fingerprint density at radius 1 is 1.44 bits per heavy atom. The molecule has 1 aromatic carbocycles. The molecule has 0 fully saturated rings. The molecule has 0 aromatic heterocycles. The predicted molar refractivity (Wildman–Crippen MR) is 61.7 cm³/mol. The molecule has 7 heteroatoms. The first-order valence-electron chi connectivity index (χ1n) is 5.12. The van der Waals surface area contributed by atoms with Gasteiger partial charge in [-0.3, -0.25) is 0 Å². The fourth-order valence-corrected chi connectivity index (χ4v) is 1.81. The second-order valence-electron chi connectivity index (χ2n) is 3.43. The molecule has 0 aliphatic rings. The Balaban J connectivity index is 2.83. The first-order chi connectivity index (χ1) is 8.34. The van der Waals surface area contributed by atoms with Crippen LogP contribution in [0.4, 0.5) is 4.39 Å². The first-order valence-corrected chi connectivity index (χ1v) is 7.01. The monoisotopic (exact) mass is 276 g/mol. The highest BCUT2D eigenvalue weighted by Crippen LogP contribution is 2.19. The molecular formula is C11H13FO5S. The van der Waals surface area contributed by atoms with Gasteiger partial charge in [-0.15, -0.1) is 0 Å². The number of ether oxygens (including phenoxy) is 2. The molecule has 1 aromatic rings. The number of carbonyl (C=O) groups excluding carboxylic acids is 1. The van der Waals surface area contributed by atoms with Gasteiger partial charge in [-0.2, -0.15) is 4.39 Å². The number of benzene rings is 1. The maximum Gasteiger partial charge on any atom is 0.381 e. The summed E-state index contributed by atoms with van der Waals surface area (Å²) in [6.07, 6.45) is -1.26. The Bertz CT molecular complexity index is 526. The second-order valence-corrected chi connectivity index (χ2v) is 5.45. The number of hydrogen-bond donors (Lipinski definition) is 0. The highest BCUT2D eigenvalue weighted by molar-refractivity contribution is 7.90. The molecule has 0 saturated heterocycles. The third-order valence-electron chi connectivity index (χ3n) is 1.95. The van der Waals surface area contributed by atoms with Crippen molar-refractivity contribution < 1.29 is 27.1 Å². The van der Waals surface area contributed by atoms with E-state index in [-0.39, 0.29) is 17.3 Å². The lowest BCUT2D eigenvalue weighted by Crippen LogP contribution is -2.24. The maximum atomic E-state index is 13.3. The van der Waals surface area contributed by atoms with E-state index in [1.54, 1.807) is 0 Å². The van der Waals surface area contributed by atoms with E-state index < -0.39 is 22.2 Å². The number of sulfone groups is 1. The van der Waals surface area contributed by atoms with Crippen LogP contribution in [-0.2, 0) is 19.4 Å². The van der Waals surface area contributed by atoms with Crippen molar-refractivity contribution in [1.82, 2.24) is 0 Å². The van der Waals surface area contributed by atoms with Crippen LogP contribution >= 0.6 is 0 Å². The largest absolute Gasteiger partial charge is 0.461 e. The van der Waals surface area contributed by atoms with E-state index >= 15 is 0 Å². The standard InChI is InChI=1S/C11H13FO5S/c1-3-16-11(13)10(12)17-8-5-4-6-9(7-8)18(2,14)15/h4-7,10H,3H2,1-2H3. The molecule has 0 saturated carbocycles. The van der Waals surface area contributed by atoms with Crippen LogP contribution in [0.1, 0.15) is 6.92 Å². The van der Waals surface area contributed by atoms with Gasteiger partial charge in [0.1, 0.15) is 5.75 Å². The second kappa shape index (κ2) is 5.81. The van der Waals surface area contributed by atoms with Gasteiger partial charge in [-0.05, 0) is 25.1 Å². The highest BCUT2D eigenvalue weighted by atomic mass is 32.2. The van der Waals surface area contributed by atoms with E-state index in [1.165, 1.54) is 25.1 Å². The van der Waals surface area contributed by atoms with Gasteiger partial charge in [-0.1, -0.05) is 6.07 Å². The average molecular weight is 276 g/mol. The zero-order valence-corrected chi connectivity index (χ0v) is 10.7. The Labute approximate surface area is 104 Å². The molecular weight excluding hydrogens is 263 g/mol. The SMILES string of the molecule is CCOC(=O)C(F)Oc1cccc(S(C)(=O)=O)c1. The molecule has 1 unspecified atom stereocenters. The van der Waals surface area contributed by atoms with Crippen molar-refractivity contribution in [3.63, 3.8) is 0 Å². The molecule has 1 atom stereocenters. The maximum absolute atomic E-state index is 13.3. The van der Waals surface area contributed by atoms with Gasteiger partial charge in [0.05, 0.1) is 11.5 Å². The minimum atomic E-state index is -3.41. The van der Waals surface area contributed by atoms with Gasteiger partial charge in [0, 0.05) is 6.26 Å². The topological polar surface area (TPSA) is 69.7 Å². The lowest BCUT2D eigenvalue weighted by molar-refractivity contribution is -0.159. The van der Waals surface area contributed by atoms with Gasteiger partial charge < -0.3 is 9.47 Å². The molecule has 0 aliphatic carbocycles. The van der Waals surface area contributed by atoms with E-state index in [4.69, 9.17) is 0 Å². The molecule has 18 heavy (non-hydrogen) atoms. The summed E-state index contributed by atoms with van der Waals surface area (Å²) in [5.74, 6) is -1.21. The van der Waals surface area contributed by atoms with Crippen LogP contribution in [0.5, 0.6) is 5.75 Å². The smallest absolute Gasteiger partial charge is 0.381 e. The predicted octanol–water partition coefficient (Wildman–Crippen LogP) is 1.33. The highest BCUT2D eigenvalue weighted by Gasteiger charge is 2.20. The van der Waals surface area contributed by atoms with Gasteiger partial charge in [-0.25, -0.2) is 13.2 Å². The van der Waals surface area contributed by atoms with Crippen LogP contribution in [0.15, 0.2) is 29.2 Å². The number of hydrogen-bond acceptors (Lipinski definition) is 5. The van der Waals surface area contributed by atoms with Crippen molar-refractivity contribution >= 4 is 15.8 Å². The van der Waals surface area contributed by atoms with Crippen molar-refractivity contribution in [1.29, 1.82) is 0 Å². The summed E-state index contributed by atoms with van der Waals surface area (Å²) in [5, 5.41) is 0. The fourth-order valence-electron chi connectivity index (χ4n) is 1.15. The summed E-state index contributed by atoms with van der Waals surface area (Å²) in [6, 6.07) is 5.23. The summed E-state index contributed by atoms with van der Waals surface area (Å²) in [4.78, 5) is 11.0. The summed E-state index contributed by atoms with van der Waals surface area (Å²) in [5.41, 5.74) is 0. The Hall–Kier alpha value is -1.63. The van der Waals surface area contributed by atoms with Crippen molar-refractivity contribution in [2.45, 2.75) is 18.2 Å². The molecule has 100 valence electrons. The van der Waals surface area contributed by atoms with Crippen molar-refractivity contribution in [2.75, 3.05) is 12.9 Å². The average Bonchev–Trinajstić information content (AvgIpc) is 2.28. The quantitative estimate of drug-likeness (QED) is 0.759. The fraction of sp³-hybridized carbons (Fsp3) is 0.364. The Kier molecular flexibility index (Phi) is 4.66. The molecule has 0 aliphatic heterocycles. The van der Waals surface area contributed by atoms with Crippen LogP contribution in [0.25, 0.3) is 0 Å². The van der Waals surface area contributed by atoms with Crippen LogP contribution in [-0.4, -0.2) is 33.6 Å². The normalized spacial score (nSPS) is 12.8. The molecule has 5 nitrogen and oxygen atoms in total. The van der Waals surface area contributed by atoms with E-state index in [0.29, 0.717) is 0 Å². The molecule has 0 amide bonds. The van der Waals surface area contributed by atoms with Crippen molar-refractivity contribution in [2.24, 2.45) is 0 Å². The minimum absolute atomic E-state index is 0.0175. The summed E-state index contributed by atoms with van der Waals surface area (Å²) in [6.45, 7) is 1.57. The van der Waals surface area contributed by atoms with Gasteiger partial charge >= 0.3 is 12.3 Å². The lowest BCUT2D eigenvalue weighted by Gasteiger charge is -2.10. The van der Waals surface area contributed by atoms with Gasteiger partial charge in [0.2, 0.25) is 0 Å². The van der Waals surface area contributed by atoms with Gasteiger partial charge in [0.25, 0.3) is 0 Å². The van der Waals surface area contributed by atoms with E-state index in [2.05, 4.69) is 9.47 Å². The number of halogens is 1. The van der Waals surface area contributed by atoms with Crippen LogP contribution in [0.2, 0.25) is 0 Å². The lowest BCUT2D eigenvalue weighted by atomic mass is 10.3. The molecule has 0 radical (unpaired) electrons. The molecule has 1 rings (SSSR count). The minimum Gasteiger partial charge on any atom is -0.461 e. The van der Waals surface area contributed by atoms with E-state index in [9.17, 15) is 17.6 Å². The summed E-state index contributed by atoms with van der Waals surface area (Å²) >= 11 is 0. The molecule has 0 N–H and O–H groups in total. The molecule has 0 bridgehead atoms. The van der Waals surface area contributed by atoms with E-state index in [0.717, 1.165) is 12.3 Å². The van der Waals surface area contributed by atoms with Crippen LogP contribution in [0, 0.1) is 0 Å². The third-order valence-corrected chi connectivity index (χ3v) is 3.06. The van der Waals surface area contributed by atoms with Crippen molar-refractivity contribution in [3.05, 3.63) is 24.3 Å². The van der Waals surface area contributed by atoms with E-state index in [1.807, 2.05) is 0 Å². The zero-order valence-electron chi connectivity index (χ0n) is 9.92. The number of esters is 1. The number of rotatable bonds is 5.